The van der Waals surface area contributed by atoms with Gasteiger partial charge in [0.1, 0.15) is 5.52 Å². The minimum absolute atomic E-state index is 0.462. The molecule has 0 spiro atoms. The molecule has 1 fully saturated rings. The van der Waals surface area contributed by atoms with E-state index >= 15 is 0 Å². The van der Waals surface area contributed by atoms with Gasteiger partial charge in [-0.05, 0) is 47.2 Å². The van der Waals surface area contributed by atoms with Crippen molar-refractivity contribution in [1.29, 1.82) is 0 Å². The summed E-state index contributed by atoms with van der Waals surface area (Å²) >= 11 is 3.41. The first kappa shape index (κ1) is 11.0. The summed E-state index contributed by atoms with van der Waals surface area (Å²) in [7, 11) is 0. The number of hydrogen-bond donors (Lipinski definition) is 1. The molecule has 3 rings (SSSR count). The van der Waals surface area contributed by atoms with E-state index in [9.17, 15) is 0 Å². The van der Waals surface area contributed by atoms with E-state index in [1.165, 1.54) is 19.3 Å². The van der Waals surface area contributed by atoms with Crippen LogP contribution in [0.15, 0.2) is 16.7 Å². The van der Waals surface area contributed by atoms with Crippen molar-refractivity contribution in [3.8, 4) is 0 Å². The molecule has 2 aromatic rings. The number of nitrogens with two attached hydrogens (primary N) is 1. The van der Waals surface area contributed by atoms with Gasteiger partial charge in [-0.15, -0.1) is 0 Å². The monoisotopic (exact) mass is 294 g/mol. The van der Waals surface area contributed by atoms with Gasteiger partial charge >= 0.3 is 0 Å². The van der Waals surface area contributed by atoms with E-state index < -0.39 is 0 Å². The molecule has 2 atom stereocenters. The summed E-state index contributed by atoms with van der Waals surface area (Å²) in [6.45, 7) is 2.29. The quantitative estimate of drug-likeness (QED) is 0.879. The molecule has 1 aliphatic rings. The molecule has 17 heavy (non-hydrogen) atoms. The first-order valence-corrected chi connectivity index (χ1v) is 6.73. The normalized spacial score (nSPS) is 24.6. The van der Waals surface area contributed by atoms with Crippen molar-refractivity contribution >= 4 is 33.0 Å². The van der Waals surface area contributed by atoms with Gasteiger partial charge in [-0.1, -0.05) is 6.92 Å². The van der Waals surface area contributed by atoms with Crippen molar-refractivity contribution in [2.24, 2.45) is 5.92 Å². The summed E-state index contributed by atoms with van der Waals surface area (Å²) in [5.74, 6) is 1.36. The summed E-state index contributed by atoms with van der Waals surface area (Å²) in [5.41, 5.74) is 7.80. The van der Waals surface area contributed by atoms with Gasteiger partial charge < -0.3 is 5.73 Å². The molecule has 2 heterocycles. The van der Waals surface area contributed by atoms with Crippen molar-refractivity contribution in [1.82, 2.24) is 14.5 Å². The lowest BCUT2D eigenvalue weighted by atomic mass is 10.1. The summed E-state index contributed by atoms with van der Waals surface area (Å²) in [6, 6.07) is 2.43. The molecule has 0 aromatic carbocycles. The number of fused-ring (bicyclic) bond motifs is 1. The highest BCUT2D eigenvalue weighted by Crippen LogP contribution is 2.37. The zero-order valence-corrected chi connectivity index (χ0v) is 11.3. The Morgan fingerprint density at radius 2 is 2.29 bits per heavy atom. The average Bonchev–Trinajstić information content (AvgIpc) is 2.80. The van der Waals surface area contributed by atoms with Gasteiger partial charge in [0.2, 0.25) is 5.95 Å². The predicted octanol–water partition coefficient (Wildman–Crippen LogP) is 3.14. The Kier molecular flexibility index (Phi) is 2.58. The van der Waals surface area contributed by atoms with E-state index in [-0.39, 0.29) is 0 Å². The largest absolute Gasteiger partial charge is 0.369 e. The Morgan fingerprint density at radius 1 is 1.47 bits per heavy atom. The summed E-state index contributed by atoms with van der Waals surface area (Å²) in [4.78, 5) is 8.84. The molecular weight excluding hydrogens is 280 g/mol. The second-order valence-electron chi connectivity index (χ2n) is 4.91. The van der Waals surface area contributed by atoms with E-state index in [0.717, 1.165) is 21.6 Å². The van der Waals surface area contributed by atoms with Gasteiger partial charge in [0.05, 0.1) is 0 Å². The number of rotatable bonds is 1. The van der Waals surface area contributed by atoms with Crippen LogP contribution in [-0.4, -0.2) is 14.5 Å². The molecule has 4 nitrogen and oxygen atoms in total. The highest BCUT2D eigenvalue weighted by Gasteiger charge is 2.26. The highest BCUT2D eigenvalue weighted by molar-refractivity contribution is 9.10. The van der Waals surface area contributed by atoms with Gasteiger partial charge in [-0.2, -0.15) is 0 Å². The Hall–Kier alpha value is -1.10. The molecule has 2 aromatic heterocycles. The minimum Gasteiger partial charge on any atom is -0.369 e. The Morgan fingerprint density at radius 3 is 3.00 bits per heavy atom. The first-order valence-electron chi connectivity index (χ1n) is 5.94. The fourth-order valence-electron chi connectivity index (χ4n) is 2.75. The molecular formula is C12H15BrN4. The van der Waals surface area contributed by atoms with Crippen LogP contribution >= 0.6 is 15.9 Å². The van der Waals surface area contributed by atoms with Crippen LogP contribution in [-0.2, 0) is 0 Å². The van der Waals surface area contributed by atoms with Crippen LogP contribution in [0.3, 0.4) is 0 Å². The van der Waals surface area contributed by atoms with Crippen molar-refractivity contribution in [2.45, 2.75) is 32.2 Å². The van der Waals surface area contributed by atoms with Gasteiger partial charge in [0.25, 0.3) is 0 Å². The number of aromatic nitrogens is 3. The molecule has 0 bridgehead atoms. The lowest BCUT2D eigenvalue weighted by Crippen LogP contribution is -2.09. The number of nitrogens with zero attached hydrogens (tertiary/aromatic N) is 3. The number of pyridine rings is 1. The van der Waals surface area contributed by atoms with Crippen LogP contribution in [0, 0.1) is 5.92 Å². The summed E-state index contributed by atoms with van der Waals surface area (Å²) in [6.07, 6.45) is 5.42. The summed E-state index contributed by atoms with van der Waals surface area (Å²) < 4.78 is 3.04. The van der Waals surface area contributed by atoms with E-state index in [2.05, 4.69) is 37.4 Å². The maximum Gasteiger partial charge on any atom is 0.202 e. The van der Waals surface area contributed by atoms with Crippen LogP contribution in [0.4, 0.5) is 5.95 Å². The molecule has 0 saturated heterocycles. The minimum atomic E-state index is 0.462. The molecule has 5 heteroatoms. The van der Waals surface area contributed by atoms with Crippen LogP contribution < -0.4 is 5.73 Å². The van der Waals surface area contributed by atoms with Gasteiger partial charge in [-0.25, -0.2) is 9.97 Å². The molecule has 1 aliphatic carbocycles. The zero-order valence-electron chi connectivity index (χ0n) is 9.73. The molecule has 1 saturated carbocycles. The zero-order chi connectivity index (χ0) is 12.0. The van der Waals surface area contributed by atoms with Crippen LogP contribution in [0.1, 0.15) is 32.2 Å². The van der Waals surface area contributed by atoms with Crippen LogP contribution in [0.2, 0.25) is 0 Å². The molecule has 0 radical (unpaired) electrons. The maximum atomic E-state index is 6.03. The fraction of sp³-hybridized carbons (Fsp3) is 0.500. The second kappa shape index (κ2) is 3.98. The summed E-state index contributed by atoms with van der Waals surface area (Å²) in [5, 5.41) is 0. The number of halogens is 1. The molecule has 0 amide bonds. The van der Waals surface area contributed by atoms with Crippen molar-refractivity contribution in [2.75, 3.05) is 5.73 Å². The lowest BCUT2D eigenvalue weighted by Gasteiger charge is -2.13. The smallest absolute Gasteiger partial charge is 0.202 e. The van der Waals surface area contributed by atoms with E-state index in [0.29, 0.717) is 12.0 Å². The number of anilines is 1. The fourth-order valence-corrected chi connectivity index (χ4v) is 3.07. The first-order chi connectivity index (χ1) is 8.15. The van der Waals surface area contributed by atoms with Crippen LogP contribution in [0.25, 0.3) is 11.2 Å². The third-order valence-electron chi connectivity index (χ3n) is 3.56. The van der Waals surface area contributed by atoms with E-state index in [1.807, 2.05) is 6.07 Å². The Balaban J connectivity index is 2.12. The van der Waals surface area contributed by atoms with Gasteiger partial charge in [0, 0.05) is 16.7 Å². The molecule has 2 N–H and O–H groups in total. The van der Waals surface area contributed by atoms with Gasteiger partial charge in [0.15, 0.2) is 5.65 Å². The lowest BCUT2D eigenvalue weighted by molar-refractivity contribution is 0.508. The number of nitrogen functional groups attached to an aromatic ring is 1. The van der Waals surface area contributed by atoms with Crippen molar-refractivity contribution < 1.29 is 0 Å². The van der Waals surface area contributed by atoms with Crippen LogP contribution in [0.5, 0.6) is 0 Å². The van der Waals surface area contributed by atoms with Crippen molar-refractivity contribution in [3.05, 3.63) is 16.7 Å². The Labute approximate surface area is 108 Å². The molecule has 2 unspecified atom stereocenters. The third kappa shape index (κ3) is 1.82. The maximum absolute atomic E-state index is 6.03. The number of hydrogen-bond acceptors (Lipinski definition) is 3. The standard InChI is InChI=1S/C12H15BrN4/c1-7-2-3-9(4-7)17-11-10(16-12(17)14)5-8(13)6-15-11/h5-7,9H,2-4H2,1H3,(H2,14,16). The molecule has 90 valence electrons. The SMILES string of the molecule is CC1CCC(n2c(N)nc3cc(Br)cnc32)C1. The average molecular weight is 295 g/mol. The second-order valence-corrected chi connectivity index (χ2v) is 5.82. The topological polar surface area (TPSA) is 56.7 Å². The Bertz CT molecular complexity index is 563. The predicted molar refractivity (Wildman–Crippen MR) is 71.7 cm³/mol. The van der Waals surface area contributed by atoms with Gasteiger partial charge in [-0.3, -0.25) is 4.57 Å². The van der Waals surface area contributed by atoms with E-state index in [4.69, 9.17) is 5.73 Å². The van der Waals surface area contributed by atoms with Crippen molar-refractivity contribution in [3.63, 3.8) is 0 Å². The highest BCUT2D eigenvalue weighted by atomic mass is 79.9. The molecule has 0 aliphatic heterocycles. The number of imidazole rings is 1. The third-order valence-corrected chi connectivity index (χ3v) is 3.99. The van der Waals surface area contributed by atoms with E-state index in [1.54, 1.807) is 6.20 Å².